The lowest BCUT2D eigenvalue weighted by Crippen LogP contribution is -2.04. The van der Waals surface area contributed by atoms with Crippen LogP contribution in [0.4, 0.5) is 26.3 Å². The molecule has 24 heavy (non-hydrogen) atoms. The second-order valence-electron chi connectivity index (χ2n) is 4.02. The molecule has 0 saturated heterocycles. The number of benzene rings is 2. The Hall–Kier alpha value is -2.55. The predicted molar refractivity (Wildman–Crippen MR) is 69.8 cm³/mol. The average Bonchev–Trinajstić information content (AvgIpc) is 2.50. The maximum absolute atomic E-state index is 12.6. The van der Waals surface area contributed by atoms with Crippen LogP contribution in [0.25, 0.3) is 0 Å². The highest BCUT2D eigenvalue weighted by Gasteiger charge is 2.18. The summed E-state index contributed by atoms with van der Waals surface area (Å²) >= 11 is 4.86. The van der Waals surface area contributed by atoms with Crippen LogP contribution in [0.2, 0.25) is 0 Å². The molecule has 0 radical (unpaired) electrons. The van der Waals surface area contributed by atoms with Crippen LogP contribution >= 0.6 is 11.6 Å². The lowest BCUT2D eigenvalue weighted by molar-refractivity contribution is 0.0690. The van der Waals surface area contributed by atoms with Crippen molar-refractivity contribution in [1.82, 2.24) is 0 Å². The third kappa shape index (κ3) is 4.25. The number of rotatable bonds is 2. The van der Waals surface area contributed by atoms with E-state index < -0.39 is 57.2 Å². The van der Waals surface area contributed by atoms with Gasteiger partial charge in [-0.05, 0) is 35.9 Å². The quantitative estimate of drug-likeness (QED) is 0.487. The Morgan fingerprint density at radius 2 is 1.08 bits per heavy atom. The van der Waals surface area contributed by atoms with E-state index >= 15 is 0 Å². The second-order valence-corrected chi connectivity index (χ2v) is 4.37. The maximum Gasteiger partial charge on any atom is 0.338 e. The van der Waals surface area contributed by atoms with E-state index in [-0.39, 0.29) is 0 Å². The third-order valence-corrected chi connectivity index (χ3v) is 2.72. The smallest absolute Gasteiger partial charge is 0.338 e. The van der Waals surface area contributed by atoms with Crippen molar-refractivity contribution >= 4 is 22.8 Å². The van der Waals surface area contributed by atoms with Crippen molar-refractivity contribution in [2.75, 3.05) is 0 Å². The summed E-state index contributed by atoms with van der Waals surface area (Å²) in [6, 6.07) is 2.63. The first-order chi connectivity index (χ1) is 11.1. The molecule has 0 saturated carbocycles. The van der Waals surface area contributed by atoms with Gasteiger partial charge in [0.2, 0.25) is 0 Å². The molecule has 0 aliphatic heterocycles. The molecule has 0 aromatic heterocycles. The van der Waals surface area contributed by atoms with Crippen molar-refractivity contribution in [1.29, 1.82) is 0 Å². The fourth-order valence-corrected chi connectivity index (χ4v) is 1.51. The van der Waals surface area contributed by atoms with Gasteiger partial charge in [0.15, 0.2) is 34.9 Å². The molecule has 0 heterocycles. The number of hydrogen-bond acceptors (Lipinski definition) is 2. The van der Waals surface area contributed by atoms with Crippen LogP contribution < -0.4 is 0 Å². The van der Waals surface area contributed by atoms with Crippen LogP contribution in [0.5, 0.6) is 0 Å². The SMILES string of the molecule is O=C(Cl)c1ccc(F)c(F)c1F.O=C(O)c1ccc(F)c(F)c1F. The van der Waals surface area contributed by atoms with E-state index in [1.807, 2.05) is 0 Å². The monoisotopic (exact) mass is 370 g/mol. The first kappa shape index (κ1) is 19.5. The molecule has 0 fully saturated rings. The van der Waals surface area contributed by atoms with Crippen LogP contribution in [-0.4, -0.2) is 16.3 Å². The maximum atomic E-state index is 12.6. The number of carbonyl (C=O) groups is 2. The first-order valence-corrected chi connectivity index (χ1v) is 6.15. The van der Waals surface area contributed by atoms with Gasteiger partial charge < -0.3 is 5.11 Å². The molecule has 0 aliphatic rings. The molecule has 0 atom stereocenters. The van der Waals surface area contributed by atoms with Crippen molar-refractivity contribution in [3.63, 3.8) is 0 Å². The normalized spacial score (nSPS) is 9.96. The van der Waals surface area contributed by atoms with Crippen molar-refractivity contribution in [3.05, 3.63) is 70.3 Å². The highest BCUT2D eigenvalue weighted by atomic mass is 35.5. The van der Waals surface area contributed by atoms with Gasteiger partial charge in [0.1, 0.15) is 0 Å². The van der Waals surface area contributed by atoms with E-state index in [9.17, 15) is 35.9 Å². The molecule has 2 aromatic carbocycles. The Morgan fingerprint density at radius 1 is 0.708 bits per heavy atom. The Bertz CT molecular complexity index is 742. The minimum absolute atomic E-state index is 0.557. The summed E-state index contributed by atoms with van der Waals surface area (Å²) in [6.45, 7) is 0. The van der Waals surface area contributed by atoms with Crippen molar-refractivity contribution in [2.24, 2.45) is 0 Å². The highest BCUT2D eigenvalue weighted by Crippen LogP contribution is 2.16. The van der Waals surface area contributed by atoms with Crippen LogP contribution in [-0.2, 0) is 0 Å². The molecule has 1 N–H and O–H groups in total. The number of halogens is 7. The lowest BCUT2D eigenvalue weighted by Gasteiger charge is -1.98. The Labute approximate surface area is 135 Å². The van der Waals surface area contributed by atoms with Gasteiger partial charge >= 0.3 is 5.97 Å². The summed E-state index contributed by atoms with van der Waals surface area (Å²) < 4.78 is 74.3. The number of carbonyl (C=O) groups excluding carboxylic acids is 1. The molecule has 2 rings (SSSR count). The van der Waals surface area contributed by atoms with Crippen molar-refractivity contribution in [2.45, 2.75) is 0 Å². The number of carboxylic acids is 1. The van der Waals surface area contributed by atoms with E-state index in [0.717, 1.165) is 6.07 Å². The number of hydrogen-bond donors (Lipinski definition) is 1. The van der Waals surface area contributed by atoms with Gasteiger partial charge in [-0.25, -0.2) is 31.1 Å². The molecule has 3 nitrogen and oxygen atoms in total. The van der Waals surface area contributed by atoms with Gasteiger partial charge in [-0.2, -0.15) is 0 Å². The molecular formula is C14H5ClF6O3. The molecule has 0 amide bonds. The van der Waals surface area contributed by atoms with Gasteiger partial charge in [0.05, 0.1) is 11.1 Å². The van der Waals surface area contributed by atoms with Gasteiger partial charge in [-0.3, -0.25) is 4.79 Å². The van der Waals surface area contributed by atoms with Crippen LogP contribution in [0.15, 0.2) is 24.3 Å². The summed E-state index contributed by atoms with van der Waals surface area (Å²) in [5.74, 6) is -11.1. The van der Waals surface area contributed by atoms with Crippen molar-refractivity contribution in [3.8, 4) is 0 Å². The summed E-state index contributed by atoms with van der Waals surface area (Å²) in [5.41, 5.74) is -1.55. The zero-order valence-electron chi connectivity index (χ0n) is 11.2. The van der Waals surface area contributed by atoms with E-state index in [2.05, 4.69) is 0 Å². The summed E-state index contributed by atoms with van der Waals surface area (Å²) in [7, 11) is 0. The number of aromatic carboxylic acids is 1. The minimum Gasteiger partial charge on any atom is -0.478 e. The largest absolute Gasteiger partial charge is 0.478 e. The predicted octanol–water partition coefficient (Wildman–Crippen LogP) is 4.29. The highest BCUT2D eigenvalue weighted by molar-refractivity contribution is 6.67. The third-order valence-electron chi connectivity index (χ3n) is 2.51. The van der Waals surface area contributed by atoms with E-state index in [0.29, 0.717) is 18.2 Å². The molecule has 0 bridgehead atoms. The molecule has 0 spiro atoms. The molecule has 10 heteroatoms. The first-order valence-electron chi connectivity index (χ1n) is 5.78. The van der Waals surface area contributed by atoms with Gasteiger partial charge in [-0.15, -0.1) is 0 Å². The van der Waals surface area contributed by atoms with E-state index in [1.54, 1.807) is 0 Å². The summed E-state index contributed by atoms with van der Waals surface area (Å²) in [5, 5.41) is 7.09. The molecule has 0 aliphatic carbocycles. The molecule has 2 aromatic rings. The van der Waals surface area contributed by atoms with Crippen LogP contribution in [0.3, 0.4) is 0 Å². The number of carboxylic acid groups (broad SMARTS) is 1. The Kier molecular flexibility index (Phi) is 6.35. The Morgan fingerprint density at radius 3 is 1.46 bits per heavy atom. The van der Waals surface area contributed by atoms with Gasteiger partial charge in [0.25, 0.3) is 5.24 Å². The van der Waals surface area contributed by atoms with Gasteiger partial charge in [-0.1, -0.05) is 0 Å². The second kappa shape index (κ2) is 7.82. The molecule has 128 valence electrons. The summed E-state index contributed by atoms with van der Waals surface area (Å²) in [6.07, 6.45) is 0. The fourth-order valence-electron chi connectivity index (χ4n) is 1.37. The fraction of sp³-hybridized carbons (Fsp3) is 0. The minimum atomic E-state index is -1.77. The topological polar surface area (TPSA) is 54.4 Å². The zero-order chi connectivity index (χ0) is 18.6. The zero-order valence-corrected chi connectivity index (χ0v) is 12.0. The molecule has 0 unspecified atom stereocenters. The van der Waals surface area contributed by atoms with Crippen LogP contribution in [0.1, 0.15) is 20.7 Å². The van der Waals surface area contributed by atoms with E-state index in [1.165, 1.54) is 0 Å². The van der Waals surface area contributed by atoms with Crippen LogP contribution in [0, 0.1) is 34.9 Å². The molecular weight excluding hydrogens is 366 g/mol. The van der Waals surface area contributed by atoms with Gasteiger partial charge in [0, 0.05) is 0 Å². The van der Waals surface area contributed by atoms with Crippen molar-refractivity contribution < 1.29 is 41.0 Å². The lowest BCUT2D eigenvalue weighted by atomic mass is 10.2. The standard InChI is InChI=1S/C7H2ClF3O.C7H3F3O2/c8-7(12)3-1-2-4(9)6(11)5(3)10;8-4-2-1-3(7(11)12)5(9)6(4)10/h1-2H;1-2H,(H,11,12). The van der Waals surface area contributed by atoms with E-state index in [4.69, 9.17) is 16.7 Å². The summed E-state index contributed by atoms with van der Waals surface area (Å²) in [4.78, 5) is 20.5. The average molecular weight is 371 g/mol. The Balaban J connectivity index is 0.000000240.